The third kappa shape index (κ3) is 4.86. The Balaban J connectivity index is 1.93. The van der Waals surface area contributed by atoms with Gasteiger partial charge in [0.05, 0.1) is 20.3 Å². The van der Waals surface area contributed by atoms with Gasteiger partial charge in [0.25, 0.3) is 0 Å². The fourth-order valence-electron chi connectivity index (χ4n) is 2.56. The van der Waals surface area contributed by atoms with Gasteiger partial charge in [-0.1, -0.05) is 6.07 Å². The summed E-state index contributed by atoms with van der Waals surface area (Å²) < 4.78 is 15.6. The minimum Gasteiger partial charge on any atom is -0.496 e. The van der Waals surface area contributed by atoms with Gasteiger partial charge in [-0.3, -0.25) is 4.99 Å². The molecule has 0 aromatic heterocycles. The third-order valence-corrected chi connectivity index (χ3v) is 3.87. The van der Waals surface area contributed by atoms with Crippen LogP contribution in [-0.4, -0.2) is 52.5 Å². The first kappa shape index (κ1) is 18.1. The van der Waals surface area contributed by atoms with Gasteiger partial charge in [0.15, 0.2) is 5.96 Å². The van der Waals surface area contributed by atoms with Crippen LogP contribution in [0.25, 0.3) is 0 Å². The Labute approximate surface area is 142 Å². The van der Waals surface area contributed by atoms with Crippen molar-refractivity contribution in [1.29, 1.82) is 0 Å². The van der Waals surface area contributed by atoms with Gasteiger partial charge in [-0.15, -0.1) is 0 Å². The smallest absolute Gasteiger partial charge is 0.341 e. The van der Waals surface area contributed by atoms with Gasteiger partial charge < -0.3 is 24.8 Å². The van der Waals surface area contributed by atoms with Crippen LogP contribution in [0.15, 0.2) is 23.2 Å². The SMILES string of the molecule is CN=C(NCc1ccc(OC)c(C(=O)OC)c1)NCC1CCCO1. The summed E-state index contributed by atoms with van der Waals surface area (Å²) in [4.78, 5) is 16.0. The molecule has 7 nitrogen and oxygen atoms in total. The molecule has 0 aliphatic carbocycles. The maximum Gasteiger partial charge on any atom is 0.341 e. The fourth-order valence-corrected chi connectivity index (χ4v) is 2.56. The second kappa shape index (κ2) is 9.12. The Kier molecular flexibility index (Phi) is 6.87. The van der Waals surface area contributed by atoms with Gasteiger partial charge in [-0.25, -0.2) is 4.79 Å². The number of hydrogen-bond donors (Lipinski definition) is 2. The van der Waals surface area contributed by atoms with Crippen molar-refractivity contribution in [3.8, 4) is 5.75 Å². The summed E-state index contributed by atoms with van der Waals surface area (Å²) >= 11 is 0. The predicted molar refractivity (Wildman–Crippen MR) is 91.5 cm³/mol. The van der Waals surface area contributed by atoms with Crippen LogP contribution in [0, 0.1) is 0 Å². The predicted octanol–water partition coefficient (Wildman–Crippen LogP) is 1.33. The van der Waals surface area contributed by atoms with Crippen LogP contribution in [0.3, 0.4) is 0 Å². The number of ether oxygens (including phenoxy) is 3. The lowest BCUT2D eigenvalue weighted by molar-refractivity contribution is 0.0597. The zero-order valence-electron chi connectivity index (χ0n) is 14.4. The number of guanidine groups is 1. The average Bonchev–Trinajstić information content (AvgIpc) is 3.14. The van der Waals surface area contributed by atoms with Crippen LogP contribution < -0.4 is 15.4 Å². The lowest BCUT2D eigenvalue weighted by Crippen LogP contribution is -2.40. The van der Waals surface area contributed by atoms with Crippen molar-refractivity contribution in [2.24, 2.45) is 4.99 Å². The molecule has 0 bridgehead atoms. The number of nitrogens with zero attached hydrogens (tertiary/aromatic N) is 1. The summed E-state index contributed by atoms with van der Waals surface area (Å²) in [6.45, 7) is 2.09. The van der Waals surface area contributed by atoms with Crippen molar-refractivity contribution in [2.45, 2.75) is 25.5 Å². The number of carbonyl (C=O) groups is 1. The van der Waals surface area contributed by atoms with Crippen molar-refractivity contribution >= 4 is 11.9 Å². The van der Waals surface area contributed by atoms with E-state index in [4.69, 9.17) is 14.2 Å². The van der Waals surface area contributed by atoms with E-state index in [0.29, 0.717) is 23.8 Å². The average molecular weight is 335 g/mol. The highest BCUT2D eigenvalue weighted by atomic mass is 16.5. The summed E-state index contributed by atoms with van der Waals surface area (Å²) in [7, 11) is 4.60. The number of nitrogens with one attached hydrogen (secondary N) is 2. The number of aliphatic imine (C=N–C) groups is 1. The molecular weight excluding hydrogens is 310 g/mol. The second-order valence-electron chi connectivity index (χ2n) is 5.47. The van der Waals surface area contributed by atoms with Crippen LogP contribution >= 0.6 is 0 Å². The fraction of sp³-hybridized carbons (Fsp3) is 0.529. The third-order valence-electron chi connectivity index (χ3n) is 3.87. The van der Waals surface area contributed by atoms with Crippen molar-refractivity contribution in [3.05, 3.63) is 29.3 Å². The van der Waals surface area contributed by atoms with Crippen LogP contribution in [0.5, 0.6) is 5.75 Å². The minimum absolute atomic E-state index is 0.246. The van der Waals surface area contributed by atoms with E-state index in [-0.39, 0.29) is 6.10 Å². The van der Waals surface area contributed by atoms with E-state index in [9.17, 15) is 4.79 Å². The molecule has 2 N–H and O–H groups in total. The highest BCUT2D eigenvalue weighted by Gasteiger charge is 2.16. The molecule has 1 aliphatic heterocycles. The summed E-state index contributed by atoms with van der Waals surface area (Å²) in [6, 6.07) is 5.41. The standard InChI is InChI=1S/C17H25N3O4/c1-18-17(20-11-13-5-4-8-24-13)19-10-12-6-7-15(22-2)14(9-12)16(21)23-3/h6-7,9,13H,4-5,8,10-11H2,1-3H3,(H2,18,19,20). The molecule has 1 fully saturated rings. The van der Waals surface area contributed by atoms with Crippen molar-refractivity contribution in [1.82, 2.24) is 10.6 Å². The van der Waals surface area contributed by atoms with Crippen LogP contribution in [-0.2, 0) is 16.0 Å². The van der Waals surface area contributed by atoms with Gasteiger partial charge in [0.2, 0.25) is 0 Å². The first-order chi connectivity index (χ1) is 11.7. The number of carbonyl (C=O) groups excluding carboxylic acids is 1. The van der Waals surface area contributed by atoms with E-state index < -0.39 is 5.97 Å². The van der Waals surface area contributed by atoms with Crippen molar-refractivity contribution in [2.75, 3.05) is 34.4 Å². The summed E-state index contributed by atoms with van der Waals surface area (Å²) in [6.07, 6.45) is 2.43. The molecule has 24 heavy (non-hydrogen) atoms. The molecule has 0 spiro atoms. The highest BCUT2D eigenvalue weighted by molar-refractivity contribution is 5.92. The van der Waals surface area contributed by atoms with Crippen LogP contribution in [0.1, 0.15) is 28.8 Å². The normalized spacial score (nSPS) is 17.5. The first-order valence-electron chi connectivity index (χ1n) is 7.99. The number of methoxy groups -OCH3 is 2. The Bertz CT molecular complexity index is 583. The number of rotatable bonds is 6. The van der Waals surface area contributed by atoms with E-state index in [1.54, 1.807) is 19.2 Å². The van der Waals surface area contributed by atoms with Crippen LogP contribution in [0.2, 0.25) is 0 Å². The number of benzene rings is 1. The molecular formula is C17H25N3O4. The zero-order valence-corrected chi connectivity index (χ0v) is 14.4. The molecule has 1 unspecified atom stereocenters. The number of esters is 1. The molecule has 1 aromatic rings. The Hall–Kier alpha value is -2.28. The van der Waals surface area contributed by atoms with Gasteiger partial charge >= 0.3 is 5.97 Å². The largest absolute Gasteiger partial charge is 0.496 e. The van der Waals surface area contributed by atoms with E-state index in [2.05, 4.69) is 15.6 Å². The highest BCUT2D eigenvalue weighted by Crippen LogP contribution is 2.20. The van der Waals surface area contributed by atoms with Gasteiger partial charge in [0.1, 0.15) is 11.3 Å². The topological polar surface area (TPSA) is 81.2 Å². The lowest BCUT2D eigenvalue weighted by Gasteiger charge is -2.15. The van der Waals surface area contributed by atoms with Crippen molar-refractivity contribution < 1.29 is 19.0 Å². The van der Waals surface area contributed by atoms with E-state index in [0.717, 1.165) is 31.6 Å². The van der Waals surface area contributed by atoms with Gasteiger partial charge in [-0.05, 0) is 30.5 Å². The maximum absolute atomic E-state index is 11.8. The van der Waals surface area contributed by atoms with E-state index in [1.165, 1.54) is 14.2 Å². The van der Waals surface area contributed by atoms with Gasteiger partial charge in [-0.2, -0.15) is 0 Å². The molecule has 132 valence electrons. The Morgan fingerprint density at radius 1 is 1.38 bits per heavy atom. The minimum atomic E-state index is -0.422. The Morgan fingerprint density at radius 2 is 2.21 bits per heavy atom. The molecule has 0 saturated carbocycles. The second-order valence-corrected chi connectivity index (χ2v) is 5.47. The van der Waals surface area contributed by atoms with E-state index in [1.807, 2.05) is 6.07 Å². The summed E-state index contributed by atoms with van der Waals surface area (Å²) in [5.74, 6) is 0.766. The molecule has 7 heteroatoms. The lowest BCUT2D eigenvalue weighted by atomic mass is 10.1. The molecule has 1 aliphatic rings. The van der Waals surface area contributed by atoms with Gasteiger partial charge in [0, 0.05) is 26.7 Å². The maximum atomic E-state index is 11.8. The molecule has 0 radical (unpaired) electrons. The van der Waals surface area contributed by atoms with E-state index >= 15 is 0 Å². The van der Waals surface area contributed by atoms with Crippen molar-refractivity contribution in [3.63, 3.8) is 0 Å². The monoisotopic (exact) mass is 335 g/mol. The summed E-state index contributed by atoms with van der Waals surface area (Å²) in [5, 5.41) is 6.47. The zero-order chi connectivity index (χ0) is 17.4. The quantitative estimate of drug-likeness (QED) is 0.464. The summed E-state index contributed by atoms with van der Waals surface area (Å²) in [5.41, 5.74) is 1.33. The molecule has 1 aromatic carbocycles. The molecule has 1 saturated heterocycles. The first-order valence-corrected chi connectivity index (χ1v) is 7.99. The molecule has 1 atom stereocenters. The molecule has 2 rings (SSSR count). The molecule has 0 amide bonds. The van der Waals surface area contributed by atoms with Crippen LogP contribution in [0.4, 0.5) is 0 Å². The Morgan fingerprint density at radius 3 is 2.83 bits per heavy atom. The molecule has 1 heterocycles. The number of hydrogen-bond acceptors (Lipinski definition) is 5.